The number of benzene rings is 2. The van der Waals surface area contributed by atoms with Gasteiger partial charge in [-0.2, -0.15) is 0 Å². The van der Waals surface area contributed by atoms with E-state index in [1.54, 1.807) is 0 Å². The van der Waals surface area contributed by atoms with Crippen molar-refractivity contribution in [1.82, 2.24) is 14.7 Å². The molecule has 0 saturated carbocycles. The molecule has 2 N–H and O–H groups in total. The third-order valence-corrected chi connectivity index (χ3v) is 5.83. The summed E-state index contributed by atoms with van der Waals surface area (Å²) in [6.07, 6.45) is 0. The SMILES string of the molecule is CCN(C)CCN(CC(=O)NO)S(=O)c1cc(F)c(Oc2ccc(Cl)cc2)c(F)c1. The van der Waals surface area contributed by atoms with Crippen LogP contribution in [0.1, 0.15) is 6.92 Å². The van der Waals surface area contributed by atoms with Crippen molar-refractivity contribution in [3.63, 3.8) is 0 Å². The number of nitrogens with zero attached hydrogens (tertiary/aromatic N) is 2. The topological polar surface area (TPSA) is 82.1 Å². The molecule has 0 bridgehead atoms. The van der Waals surface area contributed by atoms with Crippen LogP contribution in [0.25, 0.3) is 0 Å². The summed E-state index contributed by atoms with van der Waals surface area (Å²) >= 11 is 5.77. The molecule has 0 aliphatic rings. The molecule has 2 aromatic carbocycles. The summed E-state index contributed by atoms with van der Waals surface area (Å²) in [6.45, 7) is 2.83. The molecule has 0 radical (unpaired) electrons. The van der Waals surface area contributed by atoms with Crippen molar-refractivity contribution in [3.8, 4) is 11.5 Å². The minimum atomic E-state index is -2.06. The van der Waals surface area contributed by atoms with Gasteiger partial charge in [0.15, 0.2) is 17.4 Å². The first kappa shape index (κ1) is 24.2. The van der Waals surface area contributed by atoms with E-state index in [2.05, 4.69) is 0 Å². The monoisotopic (exact) mass is 461 g/mol. The molecule has 2 aromatic rings. The average molecular weight is 462 g/mol. The van der Waals surface area contributed by atoms with E-state index < -0.39 is 40.8 Å². The number of hydroxylamine groups is 1. The van der Waals surface area contributed by atoms with Crippen molar-refractivity contribution in [1.29, 1.82) is 0 Å². The largest absolute Gasteiger partial charge is 0.451 e. The Kier molecular flexibility index (Phi) is 9.12. The number of carbonyl (C=O) groups excluding carboxylic acids is 1. The summed E-state index contributed by atoms with van der Waals surface area (Å²) in [5.74, 6) is -3.37. The smallest absolute Gasteiger partial charge is 0.258 e. The number of amides is 1. The van der Waals surface area contributed by atoms with Crippen LogP contribution in [0.4, 0.5) is 8.78 Å². The van der Waals surface area contributed by atoms with Crippen molar-refractivity contribution >= 4 is 28.5 Å². The highest BCUT2D eigenvalue weighted by Crippen LogP contribution is 2.30. The van der Waals surface area contributed by atoms with Crippen LogP contribution in [0.3, 0.4) is 0 Å². The van der Waals surface area contributed by atoms with Gasteiger partial charge in [0.2, 0.25) is 0 Å². The highest BCUT2D eigenvalue weighted by Gasteiger charge is 2.23. The highest BCUT2D eigenvalue weighted by atomic mass is 35.5. The molecular formula is C19H22ClF2N3O4S. The van der Waals surface area contributed by atoms with E-state index >= 15 is 0 Å². The molecule has 0 fully saturated rings. The van der Waals surface area contributed by atoms with E-state index in [0.29, 0.717) is 18.1 Å². The summed E-state index contributed by atoms with van der Waals surface area (Å²) in [4.78, 5) is 13.3. The summed E-state index contributed by atoms with van der Waals surface area (Å²) in [5.41, 5.74) is 1.46. The number of hydrogen-bond acceptors (Lipinski definition) is 5. The van der Waals surface area contributed by atoms with E-state index in [1.807, 2.05) is 18.9 Å². The van der Waals surface area contributed by atoms with E-state index in [-0.39, 0.29) is 17.2 Å². The van der Waals surface area contributed by atoms with E-state index in [9.17, 15) is 17.8 Å². The predicted octanol–water partition coefficient (Wildman–Crippen LogP) is 3.19. The first-order valence-corrected chi connectivity index (χ1v) is 10.4. The standard InChI is InChI=1S/C19H22ClF2N3O4S/c1-3-24(2)8-9-25(12-18(26)23-27)30(28)15-10-16(21)19(17(22)11-15)29-14-6-4-13(20)5-7-14/h4-7,10-11,27H,3,8-9,12H2,1-2H3,(H,23,26). The number of rotatable bonds is 10. The molecule has 0 heterocycles. The molecule has 0 aliphatic heterocycles. The zero-order valence-electron chi connectivity index (χ0n) is 16.4. The summed E-state index contributed by atoms with van der Waals surface area (Å²) in [6, 6.07) is 7.69. The van der Waals surface area contributed by atoms with Crippen LogP contribution in [-0.2, 0) is 15.8 Å². The lowest BCUT2D eigenvalue weighted by molar-refractivity contribution is -0.129. The quantitative estimate of drug-likeness (QED) is 0.419. The third-order valence-electron chi connectivity index (χ3n) is 4.16. The second-order valence-electron chi connectivity index (χ2n) is 6.32. The van der Waals surface area contributed by atoms with Crippen molar-refractivity contribution < 1.29 is 27.7 Å². The molecule has 30 heavy (non-hydrogen) atoms. The highest BCUT2D eigenvalue weighted by molar-refractivity contribution is 7.82. The molecule has 0 saturated heterocycles. The number of likely N-dealkylation sites (N-methyl/N-ethyl adjacent to an activating group) is 1. The zero-order chi connectivity index (χ0) is 22.3. The second kappa shape index (κ2) is 11.3. The van der Waals surface area contributed by atoms with Gasteiger partial charge in [-0.25, -0.2) is 22.8 Å². The first-order chi connectivity index (χ1) is 14.2. The molecule has 1 unspecified atom stereocenters. The van der Waals surface area contributed by atoms with Crippen LogP contribution in [0.2, 0.25) is 5.02 Å². The number of carbonyl (C=O) groups is 1. The van der Waals surface area contributed by atoms with Gasteiger partial charge in [0, 0.05) is 18.1 Å². The lowest BCUT2D eigenvalue weighted by Gasteiger charge is -2.23. The third kappa shape index (κ3) is 6.71. The number of ether oxygens (including phenoxy) is 1. The Morgan fingerprint density at radius 3 is 2.33 bits per heavy atom. The van der Waals surface area contributed by atoms with Crippen LogP contribution in [-0.4, -0.2) is 57.8 Å². The summed E-state index contributed by atoms with van der Waals surface area (Å²) < 4.78 is 48.4. The van der Waals surface area contributed by atoms with Crippen molar-refractivity contribution in [2.24, 2.45) is 0 Å². The van der Waals surface area contributed by atoms with E-state index in [1.165, 1.54) is 34.1 Å². The predicted molar refractivity (Wildman–Crippen MR) is 109 cm³/mol. The van der Waals surface area contributed by atoms with Crippen LogP contribution >= 0.6 is 11.6 Å². The second-order valence-corrected chi connectivity index (χ2v) is 8.24. The molecule has 11 heteroatoms. The molecule has 2 rings (SSSR count). The molecule has 7 nitrogen and oxygen atoms in total. The zero-order valence-corrected chi connectivity index (χ0v) is 18.0. The molecule has 0 spiro atoms. The number of nitrogens with one attached hydrogen (secondary N) is 1. The minimum Gasteiger partial charge on any atom is -0.451 e. The average Bonchev–Trinajstić information content (AvgIpc) is 2.73. The maximum Gasteiger partial charge on any atom is 0.258 e. The van der Waals surface area contributed by atoms with Crippen molar-refractivity contribution in [2.45, 2.75) is 11.8 Å². The lowest BCUT2D eigenvalue weighted by atomic mass is 10.3. The Morgan fingerprint density at radius 2 is 1.80 bits per heavy atom. The first-order valence-electron chi connectivity index (χ1n) is 8.96. The maximum absolute atomic E-state index is 14.5. The van der Waals surface area contributed by atoms with Gasteiger partial charge in [0.05, 0.1) is 11.4 Å². The van der Waals surface area contributed by atoms with Gasteiger partial charge in [0.1, 0.15) is 16.7 Å². The van der Waals surface area contributed by atoms with Crippen LogP contribution in [0, 0.1) is 11.6 Å². The van der Waals surface area contributed by atoms with Gasteiger partial charge < -0.3 is 9.64 Å². The molecule has 1 amide bonds. The minimum absolute atomic E-state index is 0.163. The van der Waals surface area contributed by atoms with Gasteiger partial charge in [-0.15, -0.1) is 0 Å². The van der Waals surface area contributed by atoms with Gasteiger partial charge in [-0.3, -0.25) is 10.0 Å². The molecule has 1 atom stereocenters. The Bertz CT molecular complexity index is 879. The fourth-order valence-electron chi connectivity index (χ4n) is 2.36. The van der Waals surface area contributed by atoms with Crippen LogP contribution < -0.4 is 10.2 Å². The van der Waals surface area contributed by atoms with Gasteiger partial charge >= 0.3 is 0 Å². The summed E-state index contributed by atoms with van der Waals surface area (Å²) in [5, 5.41) is 9.20. The van der Waals surface area contributed by atoms with Gasteiger partial charge in [0.25, 0.3) is 5.91 Å². The summed E-state index contributed by atoms with van der Waals surface area (Å²) in [7, 11) is -0.230. The lowest BCUT2D eigenvalue weighted by Crippen LogP contribution is -2.40. The Balaban J connectivity index is 2.25. The Labute approximate surface area is 180 Å². The number of halogens is 3. The molecule has 164 valence electrons. The van der Waals surface area contributed by atoms with E-state index in [4.69, 9.17) is 21.5 Å². The van der Waals surface area contributed by atoms with Gasteiger partial charge in [-0.1, -0.05) is 18.5 Å². The van der Waals surface area contributed by atoms with Crippen LogP contribution in [0.15, 0.2) is 41.3 Å². The maximum atomic E-state index is 14.5. The molecule has 0 aliphatic carbocycles. The van der Waals surface area contributed by atoms with Gasteiger partial charge in [-0.05, 0) is 50.0 Å². The van der Waals surface area contributed by atoms with Crippen molar-refractivity contribution in [2.75, 3.05) is 33.2 Å². The molecular weight excluding hydrogens is 440 g/mol. The fraction of sp³-hybridized carbons (Fsp3) is 0.316. The number of hydrogen-bond donors (Lipinski definition) is 2. The fourth-order valence-corrected chi connectivity index (χ4v) is 3.68. The normalized spacial score (nSPS) is 12.3. The Hall–Kier alpha value is -2.11. The van der Waals surface area contributed by atoms with Crippen molar-refractivity contribution in [3.05, 3.63) is 53.1 Å². The van der Waals surface area contributed by atoms with Crippen LogP contribution in [0.5, 0.6) is 11.5 Å². The Morgan fingerprint density at radius 1 is 1.20 bits per heavy atom. The molecule has 0 aromatic heterocycles. The van der Waals surface area contributed by atoms with E-state index in [0.717, 1.165) is 12.1 Å².